The maximum Gasteiger partial charge on any atom is 0.437 e. The number of piperazine rings is 1. The van der Waals surface area contributed by atoms with Gasteiger partial charge in [0.2, 0.25) is 0 Å². The van der Waals surface area contributed by atoms with Gasteiger partial charge in [0.25, 0.3) is 5.91 Å². The first-order valence-corrected chi connectivity index (χ1v) is 13.6. The Morgan fingerprint density at radius 2 is 1.72 bits per heavy atom. The number of fused-ring (bicyclic) bond motifs is 1. The van der Waals surface area contributed by atoms with Crippen LogP contribution in [0.4, 0.5) is 29.5 Å². The van der Waals surface area contributed by atoms with Crippen LogP contribution < -0.4 is 11.1 Å². The fraction of sp³-hybridized carbons (Fsp3) is 0.370. The van der Waals surface area contributed by atoms with E-state index in [2.05, 4.69) is 25.0 Å². The third-order valence-corrected chi connectivity index (χ3v) is 7.68. The summed E-state index contributed by atoms with van der Waals surface area (Å²) >= 11 is 0. The number of aromatic hydroxyl groups is 1. The second-order valence-electron chi connectivity index (χ2n) is 10.4. The predicted octanol–water partition coefficient (Wildman–Crippen LogP) is 3.15. The lowest BCUT2D eigenvalue weighted by Crippen LogP contribution is -2.55. The number of anilines is 2. The maximum atomic E-state index is 13.4. The molecule has 2 fully saturated rings. The van der Waals surface area contributed by atoms with E-state index in [1.165, 1.54) is 35.1 Å². The molecule has 6 rings (SSSR count). The number of amides is 3. The minimum absolute atomic E-state index is 0.0484. The Morgan fingerprint density at radius 1 is 1.02 bits per heavy atom. The van der Waals surface area contributed by atoms with Crippen molar-refractivity contribution in [1.82, 2.24) is 34.2 Å². The number of hydrogen-bond donors (Lipinski definition) is 3. The van der Waals surface area contributed by atoms with Gasteiger partial charge in [-0.05, 0) is 25.0 Å². The number of nitrogens with two attached hydrogens (primary N) is 1. The molecule has 4 N–H and O–H groups in total. The van der Waals surface area contributed by atoms with Crippen LogP contribution in [0.1, 0.15) is 28.9 Å². The molecule has 0 atom stereocenters. The van der Waals surface area contributed by atoms with Crippen molar-refractivity contribution in [3.63, 3.8) is 0 Å². The first kappa shape index (κ1) is 28.3. The normalized spacial score (nSPS) is 16.6. The number of aromatic nitrogens is 4. The zero-order valence-electron chi connectivity index (χ0n) is 22.8. The molecule has 2 saturated heterocycles. The zero-order chi connectivity index (χ0) is 30.3. The van der Waals surface area contributed by atoms with E-state index in [0.29, 0.717) is 45.0 Å². The number of likely N-dealkylation sites (tertiary alicyclic amines) is 1. The number of rotatable bonds is 4. The van der Waals surface area contributed by atoms with Crippen molar-refractivity contribution in [2.24, 2.45) is 5.73 Å². The summed E-state index contributed by atoms with van der Waals surface area (Å²) in [6.07, 6.45) is 1.80. The van der Waals surface area contributed by atoms with Crippen molar-refractivity contribution >= 4 is 29.1 Å². The summed E-state index contributed by atoms with van der Waals surface area (Å²) < 4.78 is 46.1. The minimum atomic E-state index is -4.72. The van der Waals surface area contributed by atoms with E-state index in [4.69, 9.17) is 5.73 Å². The van der Waals surface area contributed by atoms with Crippen molar-refractivity contribution in [2.75, 3.05) is 44.6 Å². The third kappa shape index (κ3) is 5.52. The molecular weight excluding hydrogens is 571 g/mol. The van der Waals surface area contributed by atoms with E-state index < -0.39 is 11.9 Å². The summed E-state index contributed by atoms with van der Waals surface area (Å²) in [7, 11) is 0. The van der Waals surface area contributed by atoms with Gasteiger partial charge in [-0.3, -0.25) is 9.20 Å². The fourth-order valence-electron chi connectivity index (χ4n) is 5.32. The highest BCUT2D eigenvalue weighted by atomic mass is 19.4. The molecule has 43 heavy (non-hydrogen) atoms. The maximum absolute atomic E-state index is 13.4. The van der Waals surface area contributed by atoms with Crippen LogP contribution in [0.5, 0.6) is 5.75 Å². The fourth-order valence-corrected chi connectivity index (χ4v) is 5.32. The van der Waals surface area contributed by atoms with Crippen LogP contribution in [-0.2, 0) is 6.18 Å². The first-order valence-electron chi connectivity index (χ1n) is 13.6. The SMILES string of the molecule is NC1CCN(C(=O)N2CCN(C(=O)c3ccc(Nc4nccn5c(-c6conc6C(F)(F)F)cnc45)cc3O)CC2)CC1. The van der Waals surface area contributed by atoms with Gasteiger partial charge in [-0.15, -0.1) is 0 Å². The molecule has 0 bridgehead atoms. The van der Waals surface area contributed by atoms with Crippen molar-refractivity contribution in [3.8, 4) is 17.0 Å². The molecule has 3 aromatic heterocycles. The average Bonchev–Trinajstić information content (AvgIpc) is 3.65. The Morgan fingerprint density at radius 3 is 2.42 bits per heavy atom. The van der Waals surface area contributed by atoms with Gasteiger partial charge in [0.15, 0.2) is 17.2 Å². The van der Waals surface area contributed by atoms with Crippen molar-refractivity contribution in [3.05, 3.63) is 54.3 Å². The molecule has 1 aromatic carbocycles. The van der Waals surface area contributed by atoms with Gasteiger partial charge in [-0.1, -0.05) is 5.16 Å². The van der Waals surface area contributed by atoms with E-state index in [1.54, 1.807) is 20.8 Å². The molecule has 2 aliphatic rings. The Kier molecular flexibility index (Phi) is 7.29. The van der Waals surface area contributed by atoms with Crippen LogP contribution in [0.15, 0.2) is 47.6 Å². The van der Waals surface area contributed by atoms with Crippen LogP contribution in [0.2, 0.25) is 0 Å². The molecule has 0 unspecified atom stereocenters. The van der Waals surface area contributed by atoms with Crippen LogP contribution in [0.25, 0.3) is 16.9 Å². The summed E-state index contributed by atoms with van der Waals surface area (Å²) in [4.78, 5) is 39.6. The number of carbonyl (C=O) groups excluding carboxylic acids is 2. The van der Waals surface area contributed by atoms with E-state index in [0.717, 1.165) is 19.1 Å². The predicted molar refractivity (Wildman–Crippen MR) is 147 cm³/mol. The number of phenols is 1. The number of carbonyl (C=O) groups is 2. The Bertz CT molecular complexity index is 1650. The number of imidazole rings is 1. The lowest BCUT2D eigenvalue weighted by atomic mass is 10.1. The third-order valence-electron chi connectivity index (χ3n) is 7.68. The number of nitrogens with one attached hydrogen (secondary N) is 1. The van der Waals surface area contributed by atoms with E-state index in [9.17, 15) is 27.9 Å². The molecular formula is C27H28F3N9O4. The number of nitrogens with zero attached hydrogens (tertiary/aromatic N) is 7. The Labute approximate surface area is 242 Å². The molecule has 4 aromatic rings. The second-order valence-corrected chi connectivity index (χ2v) is 10.4. The molecule has 2 aliphatic heterocycles. The molecule has 0 aliphatic carbocycles. The van der Waals surface area contributed by atoms with Gasteiger partial charge < -0.3 is 35.4 Å². The summed E-state index contributed by atoms with van der Waals surface area (Å²) in [6, 6.07) is 4.47. The van der Waals surface area contributed by atoms with Crippen LogP contribution in [-0.4, -0.2) is 96.6 Å². The molecule has 226 valence electrons. The molecule has 0 saturated carbocycles. The zero-order valence-corrected chi connectivity index (χ0v) is 22.8. The molecule has 0 radical (unpaired) electrons. The molecule has 5 heterocycles. The number of phenolic OH excluding ortho intramolecular Hbond substituents is 1. The van der Waals surface area contributed by atoms with Gasteiger partial charge in [-0.25, -0.2) is 14.8 Å². The molecule has 13 nitrogen and oxygen atoms in total. The summed E-state index contributed by atoms with van der Waals surface area (Å²) in [5, 5.41) is 16.8. The first-order chi connectivity index (χ1) is 20.6. The summed E-state index contributed by atoms with van der Waals surface area (Å²) in [5.41, 5.74) is 5.26. The van der Waals surface area contributed by atoms with E-state index >= 15 is 0 Å². The molecule has 0 spiro atoms. The Balaban J connectivity index is 1.13. The Hall–Kier alpha value is -4.86. The van der Waals surface area contributed by atoms with Gasteiger partial charge in [0.05, 0.1) is 23.0 Å². The van der Waals surface area contributed by atoms with E-state index in [-0.39, 0.29) is 52.0 Å². The van der Waals surface area contributed by atoms with Gasteiger partial charge in [0, 0.05) is 69.5 Å². The minimum Gasteiger partial charge on any atom is -0.507 e. The number of benzene rings is 1. The molecule has 16 heteroatoms. The van der Waals surface area contributed by atoms with Crippen molar-refractivity contribution in [2.45, 2.75) is 25.1 Å². The molecule has 3 amide bonds. The topological polar surface area (TPSA) is 158 Å². The average molecular weight is 600 g/mol. The number of alkyl halides is 3. The highest BCUT2D eigenvalue weighted by Gasteiger charge is 2.39. The van der Waals surface area contributed by atoms with Gasteiger partial charge >= 0.3 is 12.2 Å². The smallest absolute Gasteiger partial charge is 0.437 e. The van der Waals surface area contributed by atoms with Crippen LogP contribution in [0, 0.1) is 0 Å². The number of halogens is 3. The quantitative estimate of drug-likeness (QED) is 0.320. The summed E-state index contributed by atoms with van der Waals surface area (Å²) in [6.45, 7) is 2.67. The van der Waals surface area contributed by atoms with Gasteiger partial charge in [-0.2, -0.15) is 13.2 Å². The van der Waals surface area contributed by atoms with Crippen molar-refractivity contribution in [1.29, 1.82) is 0 Å². The monoisotopic (exact) mass is 599 g/mol. The highest BCUT2D eigenvalue weighted by molar-refractivity contribution is 5.97. The second kappa shape index (κ2) is 11.1. The number of piperidine rings is 1. The highest BCUT2D eigenvalue weighted by Crippen LogP contribution is 2.37. The van der Waals surface area contributed by atoms with Crippen LogP contribution in [0.3, 0.4) is 0 Å². The van der Waals surface area contributed by atoms with Gasteiger partial charge in [0.1, 0.15) is 12.0 Å². The standard InChI is InChI=1S/C27H28F3N9O4/c28-27(29,30)22-19(15-43-35-22)20-14-33-24-23(32-5-8-39(20)24)34-17-1-2-18(21(40)13-17)25(41)36-9-11-38(12-10-36)26(42)37-6-3-16(31)4-7-37/h1-2,5,8,13-16,40H,3-4,6-7,9-12,31H2,(H,32,34). The number of hydrogen-bond acceptors (Lipinski definition) is 9. The van der Waals surface area contributed by atoms with E-state index in [1.807, 2.05) is 0 Å². The summed E-state index contributed by atoms with van der Waals surface area (Å²) in [5.74, 6) is -0.436. The van der Waals surface area contributed by atoms with Crippen molar-refractivity contribution < 1.29 is 32.4 Å². The largest absolute Gasteiger partial charge is 0.507 e. The van der Waals surface area contributed by atoms with Crippen LogP contribution >= 0.6 is 0 Å². The lowest BCUT2D eigenvalue weighted by Gasteiger charge is -2.39. The lowest BCUT2D eigenvalue weighted by molar-refractivity contribution is -0.142. The number of urea groups is 1.